The molecule has 4 heteroatoms. The summed E-state index contributed by atoms with van der Waals surface area (Å²) in [7, 11) is 0. The predicted octanol–water partition coefficient (Wildman–Crippen LogP) is 2.39. The number of aromatic nitrogens is 1. The Bertz CT molecular complexity index is 647. The zero-order valence-electron chi connectivity index (χ0n) is 11.9. The fourth-order valence-electron chi connectivity index (χ4n) is 2.29. The lowest BCUT2D eigenvalue weighted by Gasteiger charge is -2.15. The third kappa shape index (κ3) is 2.60. The van der Waals surface area contributed by atoms with Gasteiger partial charge in [0.15, 0.2) is 0 Å². The van der Waals surface area contributed by atoms with Gasteiger partial charge in [-0.3, -0.25) is 4.79 Å². The van der Waals surface area contributed by atoms with Gasteiger partial charge in [0.1, 0.15) is 5.75 Å². The van der Waals surface area contributed by atoms with Gasteiger partial charge in [-0.15, -0.1) is 0 Å². The first kappa shape index (κ1) is 14.3. The maximum absolute atomic E-state index is 12.3. The van der Waals surface area contributed by atoms with E-state index in [9.17, 15) is 4.79 Å². The molecule has 20 heavy (non-hydrogen) atoms. The van der Waals surface area contributed by atoms with Crippen molar-refractivity contribution in [1.29, 1.82) is 0 Å². The lowest BCUT2D eigenvalue weighted by Crippen LogP contribution is -2.26. The first-order chi connectivity index (χ1) is 9.72. The lowest BCUT2D eigenvalue weighted by molar-refractivity contribution is 0.341. The number of rotatable bonds is 5. The topological polar surface area (TPSA) is 57.2 Å². The Balaban J connectivity index is 2.64. The Labute approximate surface area is 118 Å². The van der Waals surface area contributed by atoms with Crippen LogP contribution < -0.4 is 16.0 Å². The summed E-state index contributed by atoms with van der Waals surface area (Å²) in [5, 5.41) is 0. The molecule has 0 saturated carbocycles. The highest BCUT2D eigenvalue weighted by molar-refractivity contribution is 5.67. The number of hydrogen-bond acceptors (Lipinski definition) is 3. The Morgan fingerprint density at radius 1 is 1.15 bits per heavy atom. The Morgan fingerprint density at radius 3 is 2.55 bits per heavy atom. The highest BCUT2D eigenvalue weighted by Gasteiger charge is 2.12. The standard InChI is InChI=1S/C16H20N2O2/c1-3-18-14(10-9-12(11-17)16(18)19)13-7-5-6-8-15(13)20-4-2/h5-10H,3-4,11,17H2,1-2H3. The second-order valence-corrected chi connectivity index (χ2v) is 4.43. The van der Waals surface area contributed by atoms with Crippen molar-refractivity contribution in [1.82, 2.24) is 4.57 Å². The van der Waals surface area contributed by atoms with E-state index in [0.717, 1.165) is 17.0 Å². The Hall–Kier alpha value is -2.07. The zero-order valence-corrected chi connectivity index (χ0v) is 11.9. The van der Waals surface area contributed by atoms with E-state index < -0.39 is 0 Å². The molecule has 1 heterocycles. The van der Waals surface area contributed by atoms with Crippen LogP contribution >= 0.6 is 0 Å². The molecule has 2 N–H and O–H groups in total. The molecule has 0 saturated heterocycles. The van der Waals surface area contributed by atoms with Gasteiger partial charge in [-0.25, -0.2) is 0 Å². The number of ether oxygens (including phenoxy) is 1. The molecule has 0 radical (unpaired) electrons. The predicted molar refractivity (Wildman–Crippen MR) is 80.9 cm³/mol. The van der Waals surface area contributed by atoms with E-state index >= 15 is 0 Å². The second-order valence-electron chi connectivity index (χ2n) is 4.43. The van der Waals surface area contributed by atoms with Crippen LogP contribution in [0.2, 0.25) is 0 Å². The molecule has 0 aliphatic heterocycles. The molecule has 0 fully saturated rings. The molecule has 1 aromatic heterocycles. The van der Waals surface area contributed by atoms with Crippen LogP contribution in [0.3, 0.4) is 0 Å². The summed E-state index contributed by atoms with van der Waals surface area (Å²) in [5.41, 5.74) is 7.99. The van der Waals surface area contributed by atoms with Gasteiger partial charge in [-0.2, -0.15) is 0 Å². The van der Waals surface area contributed by atoms with Crippen LogP contribution in [-0.2, 0) is 13.1 Å². The third-order valence-corrected chi connectivity index (χ3v) is 3.25. The average molecular weight is 272 g/mol. The second kappa shape index (κ2) is 6.39. The van der Waals surface area contributed by atoms with Crippen molar-refractivity contribution >= 4 is 0 Å². The van der Waals surface area contributed by atoms with Gasteiger partial charge in [0.05, 0.1) is 12.3 Å². The maximum atomic E-state index is 12.3. The molecular formula is C16H20N2O2. The largest absolute Gasteiger partial charge is 0.493 e. The van der Waals surface area contributed by atoms with Crippen molar-refractivity contribution in [3.63, 3.8) is 0 Å². The Morgan fingerprint density at radius 2 is 1.90 bits per heavy atom. The van der Waals surface area contributed by atoms with Gasteiger partial charge in [0.2, 0.25) is 0 Å². The van der Waals surface area contributed by atoms with Crippen molar-refractivity contribution in [2.24, 2.45) is 5.73 Å². The van der Waals surface area contributed by atoms with Gasteiger partial charge in [0.25, 0.3) is 5.56 Å². The highest BCUT2D eigenvalue weighted by atomic mass is 16.5. The quantitative estimate of drug-likeness (QED) is 0.909. The Kier molecular flexibility index (Phi) is 4.58. The number of para-hydroxylation sites is 1. The van der Waals surface area contributed by atoms with E-state index in [1.165, 1.54) is 0 Å². The molecular weight excluding hydrogens is 252 g/mol. The minimum absolute atomic E-state index is 0.0289. The van der Waals surface area contributed by atoms with Crippen LogP contribution in [0.15, 0.2) is 41.2 Å². The molecule has 0 atom stereocenters. The highest BCUT2D eigenvalue weighted by Crippen LogP contribution is 2.29. The first-order valence-corrected chi connectivity index (χ1v) is 6.87. The molecule has 0 amide bonds. The molecule has 1 aromatic carbocycles. The molecule has 2 aromatic rings. The number of hydrogen-bond donors (Lipinski definition) is 1. The molecule has 0 spiro atoms. The summed E-state index contributed by atoms with van der Waals surface area (Å²) in [6.07, 6.45) is 0. The van der Waals surface area contributed by atoms with Crippen molar-refractivity contribution in [2.45, 2.75) is 26.9 Å². The van der Waals surface area contributed by atoms with Gasteiger partial charge in [-0.05, 0) is 32.0 Å². The zero-order chi connectivity index (χ0) is 14.5. The van der Waals surface area contributed by atoms with Crippen molar-refractivity contribution in [2.75, 3.05) is 6.61 Å². The van der Waals surface area contributed by atoms with Gasteiger partial charge >= 0.3 is 0 Å². The summed E-state index contributed by atoms with van der Waals surface area (Å²) >= 11 is 0. The number of nitrogens with two attached hydrogens (primary N) is 1. The van der Waals surface area contributed by atoms with E-state index in [4.69, 9.17) is 10.5 Å². The van der Waals surface area contributed by atoms with Crippen molar-refractivity contribution < 1.29 is 4.74 Å². The minimum Gasteiger partial charge on any atom is -0.493 e. The minimum atomic E-state index is -0.0289. The van der Waals surface area contributed by atoms with E-state index in [-0.39, 0.29) is 12.1 Å². The lowest BCUT2D eigenvalue weighted by atomic mass is 10.1. The monoisotopic (exact) mass is 272 g/mol. The van der Waals surface area contributed by atoms with Crippen LogP contribution in [0.25, 0.3) is 11.3 Å². The van der Waals surface area contributed by atoms with Crippen LogP contribution in [0, 0.1) is 0 Å². The van der Waals surface area contributed by atoms with Gasteiger partial charge in [0, 0.05) is 24.2 Å². The van der Waals surface area contributed by atoms with Crippen LogP contribution in [0.5, 0.6) is 5.75 Å². The molecule has 0 aliphatic rings. The summed E-state index contributed by atoms with van der Waals surface area (Å²) in [6.45, 7) is 5.35. The van der Waals surface area contributed by atoms with Crippen LogP contribution in [0.1, 0.15) is 19.4 Å². The first-order valence-electron chi connectivity index (χ1n) is 6.87. The molecule has 0 bridgehead atoms. The molecule has 2 rings (SSSR count). The molecule has 106 valence electrons. The number of pyridine rings is 1. The van der Waals surface area contributed by atoms with Crippen LogP contribution in [0.4, 0.5) is 0 Å². The van der Waals surface area contributed by atoms with E-state index in [0.29, 0.717) is 18.7 Å². The fraction of sp³-hybridized carbons (Fsp3) is 0.312. The van der Waals surface area contributed by atoms with Crippen LogP contribution in [-0.4, -0.2) is 11.2 Å². The average Bonchev–Trinajstić information content (AvgIpc) is 2.48. The van der Waals surface area contributed by atoms with Gasteiger partial charge in [-0.1, -0.05) is 18.2 Å². The normalized spacial score (nSPS) is 10.6. The summed E-state index contributed by atoms with van der Waals surface area (Å²) in [6, 6.07) is 11.5. The third-order valence-electron chi connectivity index (χ3n) is 3.25. The molecule has 4 nitrogen and oxygen atoms in total. The van der Waals surface area contributed by atoms with Gasteiger partial charge < -0.3 is 15.0 Å². The number of nitrogens with zero attached hydrogens (tertiary/aromatic N) is 1. The number of benzene rings is 1. The van der Waals surface area contributed by atoms with E-state index in [2.05, 4.69) is 0 Å². The fourth-order valence-corrected chi connectivity index (χ4v) is 2.29. The summed E-state index contributed by atoms with van der Waals surface area (Å²) in [4.78, 5) is 12.3. The molecule has 0 unspecified atom stereocenters. The summed E-state index contributed by atoms with van der Waals surface area (Å²) in [5.74, 6) is 0.789. The smallest absolute Gasteiger partial charge is 0.255 e. The summed E-state index contributed by atoms with van der Waals surface area (Å²) < 4.78 is 7.38. The molecule has 0 aliphatic carbocycles. The van der Waals surface area contributed by atoms with E-state index in [1.54, 1.807) is 10.6 Å². The van der Waals surface area contributed by atoms with Crippen molar-refractivity contribution in [3.8, 4) is 17.0 Å². The maximum Gasteiger partial charge on any atom is 0.255 e. The SMILES string of the molecule is CCOc1ccccc1-c1ccc(CN)c(=O)n1CC. The van der Waals surface area contributed by atoms with E-state index in [1.807, 2.05) is 44.2 Å². The van der Waals surface area contributed by atoms with Crippen molar-refractivity contribution in [3.05, 3.63) is 52.3 Å².